The molecule has 0 atom stereocenters. The highest BCUT2D eigenvalue weighted by molar-refractivity contribution is 5.89. The SMILES string of the molecule is CC(C)COc1nocc1C(=O)O. The van der Waals surface area contributed by atoms with Crippen LogP contribution in [0.25, 0.3) is 0 Å². The Morgan fingerprint density at radius 2 is 2.46 bits per heavy atom. The van der Waals surface area contributed by atoms with E-state index in [0.29, 0.717) is 12.5 Å². The molecule has 0 saturated heterocycles. The molecule has 0 bridgehead atoms. The van der Waals surface area contributed by atoms with Crippen molar-refractivity contribution < 1.29 is 19.2 Å². The van der Waals surface area contributed by atoms with Crippen LogP contribution in [0, 0.1) is 5.92 Å². The molecule has 0 aliphatic heterocycles. The summed E-state index contributed by atoms with van der Waals surface area (Å²) in [6.07, 6.45) is 1.05. The van der Waals surface area contributed by atoms with Crippen LogP contribution in [0.4, 0.5) is 0 Å². The Morgan fingerprint density at radius 3 is 3.00 bits per heavy atom. The third-order valence-electron chi connectivity index (χ3n) is 1.32. The maximum absolute atomic E-state index is 10.5. The third-order valence-corrected chi connectivity index (χ3v) is 1.32. The molecule has 5 nitrogen and oxygen atoms in total. The first-order valence-corrected chi connectivity index (χ1v) is 3.91. The van der Waals surface area contributed by atoms with E-state index in [0.717, 1.165) is 6.26 Å². The van der Waals surface area contributed by atoms with Gasteiger partial charge in [0.1, 0.15) is 6.26 Å². The molecular weight excluding hydrogens is 174 g/mol. The summed E-state index contributed by atoms with van der Waals surface area (Å²) >= 11 is 0. The molecule has 72 valence electrons. The summed E-state index contributed by atoms with van der Waals surface area (Å²) in [4.78, 5) is 10.5. The van der Waals surface area contributed by atoms with Crippen molar-refractivity contribution >= 4 is 5.97 Å². The summed E-state index contributed by atoms with van der Waals surface area (Å²) in [6, 6.07) is 0. The Bertz CT molecular complexity index is 292. The molecule has 1 aromatic heterocycles. The van der Waals surface area contributed by atoms with Crippen molar-refractivity contribution in [1.82, 2.24) is 5.16 Å². The molecule has 1 rings (SSSR count). The van der Waals surface area contributed by atoms with Crippen molar-refractivity contribution in [2.75, 3.05) is 6.61 Å². The lowest BCUT2D eigenvalue weighted by molar-refractivity contribution is 0.0691. The number of nitrogens with zero attached hydrogens (tertiary/aromatic N) is 1. The van der Waals surface area contributed by atoms with Gasteiger partial charge in [0.2, 0.25) is 0 Å². The summed E-state index contributed by atoms with van der Waals surface area (Å²) < 4.78 is 9.60. The Kier molecular flexibility index (Phi) is 2.89. The van der Waals surface area contributed by atoms with E-state index in [1.54, 1.807) is 0 Å². The van der Waals surface area contributed by atoms with E-state index < -0.39 is 5.97 Å². The normalized spacial score (nSPS) is 10.4. The highest BCUT2D eigenvalue weighted by Gasteiger charge is 2.16. The monoisotopic (exact) mass is 185 g/mol. The fraction of sp³-hybridized carbons (Fsp3) is 0.500. The summed E-state index contributed by atoms with van der Waals surface area (Å²) in [5.74, 6) is -0.737. The first-order chi connectivity index (χ1) is 6.11. The molecule has 0 radical (unpaired) electrons. The van der Waals surface area contributed by atoms with Crippen LogP contribution >= 0.6 is 0 Å². The zero-order valence-corrected chi connectivity index (χ0v) is 7.48. The molecule has 0 saturated carbocycles. The minimum absolute atomic E-state index is 0.0411. The third kappa shape index (κ3) is 2.47. The first-order valence-electron chi connectivity index (χ1n) is 3.91. The molecule has 0 aliphatic rings. The molecule has 1 N–H and O–H groups in total. The van der Waals surface area contributed by atoms with E-state index in [-0.39, 0.29) is 11.4 Å². The van der Waals surface area contributed by atoms with Crippen LogP contribution < -0.4 is 4.74 Å². The van der Waals surface area contributed by atoms with Crippen molar-refractivity contribution in [2.24, 2.45) is 5.92 Å². The summed E-state index contributed by atoms with van der Waals surface area (Å²) in [7, 11) is 0. The lowest BCUT2D eigenvalue weighted by Gasteiger charge is -2.04. The molecule has 0 aromatic carbocycles. The number of aromatic carboxylic acids is 1. The second kappa shape index (κ2) is 3.93. The van der Waals surface area contributed by atoms with E-state index in [1.165, 1.54) is 0 Å². The average molecular weight is 185 g/mol. The molecule has 1 aromatic rings. The minimum Gasteiger partial charge on any atom is -0.477 e. The predicted octanol–water partition coefficient (Wildman–Crippen LogP) is 1.41. The van der Waals surface area contributed by atoms with Crippen LogP contribution in [-0.2, 0) is 0 Å². The van der Waals surface area contributed by atoms with Crippen molar-refractivity contribution in [3.05, 3.63) is 11.8 Å². The fourth-order valence-electron chi connectivity index (χ4n) is 0.718. The Labute approximate surface area is 75.3 Å². The van der Waals surface area contributed by atoms with Gasteiger partial charge in [-0.15, -0.1) is 0 Å². The van der Waals surface area contributed by atoms with Gasteiger partial charge in [-0.2, -0.15) is 0 Å². The first kappa shape index (κ1) is 9.57. The smallest absolute Gasteiger partial charge is 0.344 e. The summed E-state index contributed by atoms with van der Waals surface area (Å²) in [6.45, 7) is 4.34. The second-order valence-electron chi connectivity index (χ2n) is 3.04. The number of rotatable bonds is 4. The van der Waals surface area contributed by atoms with Gasteiger partial charge in [0.05, 0.1) is 6.61 Å². The Hall–Kier alpha value is -1.52. The molecule has 13 heavy (non-hydrogen) atoms. The maximum atomic E-state index is 10.5. The van der Waals surface area contributed by atoms with E-state index in [4.69, 9.17) is 9.84 Å². The predicted molar refractivity (Wildman–Crippen MR) is 43.8 cm³/mol. The minimum atomic E-state index is -1.10. The standard InChI is InChI=1S/C8H11NO4/c1-5(2)3-12-7-6(8(10)11)4-13-9-7/h4-5H,3H2,1-2H3,(H,10,11). The number of aromatic nitrogens is 1. The lowest BCUT2D eigenvalue weighted by Crippen LogP contribution is -2.07. The van der Waals surface area contributed by atoms with Crippen molar-refractivity contribution in [2.45, 2.75) is 13.8 Å². The molecule has 0 fully saturated rings. The zero-order valence-electron chi connectivity index (χ0n) is 7.48. The number of carboxylic acids is 1. The average Bonchev–Trinajstić information content (AvgIpc) is 2.47. The zero-order chi connectivity index (χ0) is 9.84. The van der Waals surface area contributed by atoms with Gasteiger partial charge in [-0.25, -0.2) is 4.79 Å². The van der Waals surface area contributed by atoms with Gasteiger partial charge in [-0.3, -0.25) is 0 Å². The number of carboxylic acid groups (broad SMARTS) is 1. The van der Waals surface area contributed by atoms with E-state index >= 15 is 0 Å². The van der Waals surface area contributed by atoms with Gasteiger partial charge in [0, 0.05) is 0 Å². The van der Waals surface area contributed by atoms with Crippen LogP contribution in [-0.4, -0.2) is 22.8 Å². The molecule has 0 spiro atoms. The molecule has 0 amide bonds. The quantitative estimate of drug-likeness (QED) is 0.767. The summed E-state index contributed by atoms with van der Waals surface area (Å²) in [5.41, 5.74) is -0.0411. The largest absolute Gasteiger partial charge is 0.477 e. The number of ether oxygens (including phenoxy) is 1. The highest BCUT2D eigenvalue weighted by Crippen LogP contribution is 2.15. The van der Waals surface area contributed by atoms with Crippen molar-refractivity contribution in [3.63, 3.8) is 0 Å². The summed E-state index contributed by atoms with van der Waals surface area (Å²) in [5, 5.41) is 12.1. The van der Waals surface area contributed by atoms with Crippen LogP contribution in [0.1, 0.15) is 24.2 Å². The molecule has 0 aliphatic carbocycles. The Balaban J connectivity index is 2.65. The molecular formula is C8H11NO4. The van der Waals surface area contributed by atoms with Crippen molar-refractivity contribution in [3.8, 4) is 5.88 Å². The van der Waals surface area contributed by atoms with Gasteiger partial charge in [0.25, 0.3) is 5.88 Å². The lowest BCUT2D eigenvalue weighted by atomic mass is 10.2. The second-order valence-corrected chi connectivity index (χ2v) is 3.04. The number of carbonyl (C=O) groups is 1. The van der Waals surface area contributed by atoms with E-state index in [1.807, 2.05) is 13.8 Å². The number of hydrogen-bond acceptors (Lipinski definition) is 4. The van der Waals surface area contributed by atoms with Gasteiger partial charge in [-0.1, -0.05) is 13.8 Å². The van der Waals surface area contributed by atoms with Gasteiger partial charge >= 0.3 is 5.97 Å². The topological polar surface area (TPSA) is 72.6 Å². The Morgan fingerprint density at radius 1 is 1.77 bits per heavy atom. The molecule has 5 heteroatoms. The van der Waals surface area contributed by atoms with Crippen LogP contribution in [0.3, 0.4) is 0 Å². The van der Waals surface area contributed by atoms with Gasteiger partial charge in [-0.05, 0) is 11.1 Å². The van der Waals surface area contributed by atoms with Crippen LogP contribution in [0.15, 0.2) is 10.8 Å². The fourth-order valence-corrected chi connectivity index (χ4v) is 0.718. The van der Waals surface area contributed by atoms with E-state index in [9.17, 15) is 4.79 Å². The van der Waals surface area contributed by atoms with Gasteiger partial charge < -0.3 is 14.4 Å². The van der Waals surface area contributed by atoms with E-state index in [2.05, 4.69) is 9.68 Å². The van der Waals surface area contributed by atoms with Crippen LogP contribution in [0.2, 0.25) is 0 Å². The number of hydrogen-bond donors (Lipinski definition) is 1. The molecule has 0 unspecified atom stereocenters. The van der Waals surface area contributed by atoms with Crippen molar-refractivity contribution in [1.29, 1.82) is 0 Å². The molecule has 1 heterocycles. The van der Waals surface area contributed by atoms with Gasteiger partial charge in [0.15, 0.2) is 5.56 Å². The highest BCUT2D eigenvalue weighted by atomic mass is 16.5. The van der Waals surface area contributed by atoms with Crippen LogP contribution in [0.5, 0.6) is 5.88 Å². The maximum Gasteiger partial charge on any atom is 0.344 e.